The van der Waals surface area contributed by atoms with E-state index in [0.29, 0.717) is 6.42 Å². The van der Waals surface area contributed by atoms with Gasteiger partial charge in [-0.1, -0.05) is 32.0 Å². The largest absolute Gasteiger partial charge is 0.480 e. The first-order valence-electron chi connectivity index (χ1n) is 10.0. The van der Waals surface area contributed by atoms with Crippen LogP contribution in [0.5, 0.6) is 0 Å². The predicted molar refractivity (Wildman–Crippen MR) is 114 cm³/mol. The molecule has 0 aliphatic rings. The zero-order chi connectivity index (χ0) is 22.5. The molecule has 0 saturated heterocycles. The molecular weight excluding hydrogens is 386 g/mol. The molecule has 164 valence electrons. The molecule has 1 aromatic heterocycles. The average Bonchev–Trinajstić information content (AvgIpc) is 3.01. The molecule has 4 N–H and O–H groups in total. The lowest BCUT2D eigenvalue weighted by molar-refractivity contribution is -0.142. The zero-order valence-corrected chi connectivity index (χ0v) is 18.1. The lowest BCUT2D eigenvalue weighted by Crippen LogP contribution is -2.53. The SMILES string of the molecule is CC(C)C[C@H](NC(=O)OC(C)(C)C)C(=O)N[C@@H](Cc1c[nH]c2ccccc12)C(=O)O. The second-order valence-electron chi connectivity index (χ2n) is 8.79. The van der Waals surface area contributed by atoms with Crippen LogP contribution < -0.4 is 10.6 Å². The number of alkyl carbamates (subject to hydrolysis) is 1. The molecule has 1 aromatic carbocycles. The van der Waals surface area contributed by atoms with Crippen LogP contribution in [-0.2, 0) is 20.7 Å². The van der Waals surface area contributed by atoms with Crippen LogP contribution in [0.1, 0.15) is 46.6 Å². The maximum Gasteiger partial charge on any atom is 0.408 e. The number of amides is 2. The van der Waals surface area contributed by atoms with E-state index in [1.807, 2.05) is 38.1 Å². The molecule has 0 unspecified atom stereocenters. The van der Waals surface area contributed by atoms with Crippen molar-refractivity contribution in [3.05, 3.63) is 36.0 Å². The molecule has 0 spiro atoms. The third-order valence-corrected chi connectivity index (χ3v) is 4.43. The minimum atomic E-state index is -1.14. The molecule has 8 nitrogen and oxygen atoms in total. The summed E-state index contributed by atoms with van der Waals surface area (Å²) in [6.07, 6.45) is 1.50. The van der Waals surface area contributed by atoms with Gasteiger partial charge in [-0.3, -0.25) is 4.79 Å². The fourth-order valence-electron chi connectivity index (χ4n) is 3.15. The highest BCUT2D eigenvalue weighted by molar-refractivity contribution is 5.90. The number of ether oxygens (including phenoxy) is 1. The van der Waals surface area contributed by atoms with E-state index in [0.717, 1.165) is 16.5 Å². The minimum Gasteiger partial charge on any atom is -0.480 e. The number of para-hydroxylation sites is 1. The van der Waals surface area contributed by atoms with Crippen LogP contribution in [-0.4, -0.2) is 45.7 Å². The highest BCUT2D eigenvalue weighted by Crippen LogP contribution is 2.19. The van der Waals surface area contributed by atoms with Crippen LogP contribution >= 0.6 is 0 Å². The number of hydrogen-bond acceptors (Lipinski definition) is 4. The van der Waals surface area contributed by atoms with Crippen molar-refractivity contribution in [1.29, 1.82) is 0 Å². The lowest BCUT2D eigenvalue weighted by atomic mass is 10.0. The van der Waals surface area contributed by atoms with E-state index < -0.39 is 35.7 Å². The highest BCUT2D eigenvalue weighted by atomic mass is 16.6. The van der Waals surface area contributed by atoms with Gasteiger partial charge in [0.05, 0.1) is 0 Å². The van der Waals surface area contributed by atoms with Crippen molar-refractivity contribution in [3.8, 4) is 0 Å². The van der Waals surface area contributed by atoms with Gasteiger partial charge in [-0.15, -0.1) is 0 Å². The number of benzene rings is 1. The molecule has 0 fully saturated rings. The number of rotatable bonds is 8. The predicted octanol–water partition coefficient (Wildman–Crippen LogP) is 3.22. The number of carbonyl (C=O) groups is 3. The molecular formula is C22H31N3O5. The van der Waals surface area contributed by atoms with Crippen LogP contribution in [0.15, 0.2) is 30.5 Å². The third kappa shape index (κ3) is 6.79. The van der Waals surface area contributed by atoms with Gasteiger partial charge < -0.3 is 25.5 Å². The van der Waals surface area contributed by atoms with Crippen LogP contribution in [0, 0.1) is 5.92 Å². The van der Waals surface area contributed by atoms with Crippen molar-refractivity contribution in [1.82, 2.24) is 15.6 Å². The summed E-state index contributed by atoms with van der Waals surface area (Å²) in [4.78, 5) is 39.9. The molecule has 1 heterocycles. The average molecular weight is 418 g/mol. The summed E-state index contributed by atoms with van der Waals surface area (Å²) in [5.41, 5.74) is 0.980. The van der Waals surface area contributed by atoms with E-state index >= 15 is 0 Å². The lowest BCUT2D eigenvalue weighted by Gasteiger charge is -2.25. The molecule has 0 radical (unpaired) electrons. The Kier molecular flexibility index (Phi) is 7.48. The van der Waals surface area contributed by atoms with E-state index in [1.54, 1.807) is 27.0 Å². The van der Waals surface area contributed by atoms with E-state index in [4.69, 9.17) is 4.74 Å². The summed E-state index contributed by atoms with van der Waals surface area (Å²) < 4.78 is 5.24. The van der Waals surface area contributed by atoms with Crippen molar-refractivity contribution in [3.63, 3.8) is 0 Å². The van der Waals surface area contributed by atoms with E-state index in [1.165, 1.54) is 0 Å². The van der Waals surface area contributed by atoms with E-state index in [2.05, 4.69) is 15.6 Å². The number of H-pyrrole nitrogens is 1. The minimum absolute atomic E-state index is 0.104. The van der Waals surface area contributed by atoms with Crippen LogP contribution in [0.3, 0.4) is 0 Å². The number of aliphatic carboxylic acids is 1. The van der Waals surface area contributed by atoms with Crippen molar-refractivity contribution in [2.24, 2.45) is 5.92 Å². The fourth-order valence-corrected chi connectivity index (χ4v) is 3.15. The molecule has 2 aromatic rings. The number of hydrogen-bond donors (Lipinski definition) is 4. The normalized spacial score (nSPS) is 13.7. The van der Waals surface area contributed by atoms with Crippen molar-refractivity contribution < 1.29 is 24.2 Å². The third-order valence-electron chi connectivity index (χ3n) is 4.43. The number of aromatic amines is 1. The van der Waals surface area contributed by atoms with Gasteiger partial charge >= 0.3 is 12.1 Å². The van der Waals surface area contributed by atoms with Crippen LogP contribution in [0.4, 0.5) is 4.79 Å². The number of carbonyl (C=O) groups excluding carboxylic acids is 2. The first-order valence-corrected chi connectivity index (χ1v) is 10.0. The highest BCUT2D eigenvalue weighted by Gasteiger charge is 2.29. The smallest absolute Gasteiger partial charge is 0.408 e. The Morgan fingerprint density at radius 1 is 1.10 bits per heavy atom. The Hall–Kier alpha value is -3.03. The number of carboxylic acids is 1. The Bertz CT molecular complexity index is 898. The number of aromatic nitrogens is 1. The van der Waals surface area contributed by atoms with Gasteiger partial charge in [0.2, 0.25) is 5.91 Å². The molecule has 30 heavy (non-hydrogen) atoms. The standard InChI is InChI=1S/C22H31N3O5/c1-13(2)10-17(25-21(29)30-22(3,4)5)19(26)24-18(20(27)28)11-14-12-23-16-9-7-6-8-15(14)16/h6-9,12-13,17-18,23H,10-11H2,1-5H3,(H,24,26)(H,25,29)(H,27,28)/t17-,18-/m0/s1. The van der Waals surface area contributed by atoms with Gasteiger partial charge in [-0.05, 0) is 44.7 Å². The van der Waals surface area contributed by atoms with Crippen molar-refractivity contribution in [2.45, 2.75) is 65.1 Å². The number of carboxylic acid groups (broad SMARTS) is 1. The Morgan fingerprint density at radius 2 is 1.77 bits per heavy atom. The van der Waals surface area contributed by atoms with Crippen LogP contribution in [0.25, 0.3) is 10.9 Å². The van der Waals surface area contributed by atoms with Crippen LogP contribution in [0.2, 0.25) is 0 Å². The van der Waals surface area contributed by atoms with Crippen molar-refractivity contribution in [2.75, 3.05) is 0 Å². The summed E-state index contributed by atoms with van der Waals surface area (Å²) in [5.74, 6) is -1.59. The van der Waals surface area contributed by atoms with Gasteiger partial charge in [0, 0.05) is 23.5 Å². The molecule has 2 amide bonds. The molecule has 0 saturated carbocycles. The molecule has 2 atom stereocenters. The molecule has 0 aliphatic heterocycles. The molecule has 2 rings (SSSR count). The summed E-state index contributed by atoms with van der Waals surface area (Å²) in [5, 5.41) is 15.7. The zero-order valence-electron chi connectivity index (χ0n) is 18.1. The summed E-state index contributed by atoms with van der Waals surface area (Å²) in [6.45, 7) is 9.01. The topological polar surface area (TPSA) is 121 Å². The molecule has 0 bridgehead atoms. The Morgan fingerprint density at radius 3 is 2.37 bits per heavy atom. The van der Waals surface area contributed by atoms with Gasteiger partial charge in [-0.25, -0.2) is 9.59 Å². The number of fused-ring (bicyclic) bond motifs is 1. The Labute approximate surface area is 176 Å². The quantitative estimate of drug-likeness (QED) is 0.526. The molecule has 0 aliphatic carbocycles. The Balaban J connectivity index is 2.13. The van der Waals surface area contributed by atoms with E-state index in [9.17, 15) is 19.5 Å². The van der Waals surface area contributed by atoms with Crippen molar-refractivity contribution >= 4 is 28.9 Å². The summed E-state index contributed by atoms with van der Waals surface area (Å²) >= 11 is 0. The van der Waals surface area contributed by atoms with Gasteiger partial charge in [0.15, 0.2) is 0 Å². The van der Waals surface area contributed by atoms with Gasteiger partial charge in [-0.2, -0.15) is 0 Å². The second kappa shape index (κ2) is 9.65. The van der Waals surface area contributed by atoms with Gasteiger partial charge in [0.25, 0.3) is 0 Å². The number of nitrogens with one attached hydrogen (secondary N) is 3. The monoisotopic (exact) mass is 417 g/mol. The van der Waals surface area contributed by atoms with Gasteiger partial charge in [0.1, 0.15) is 17.7 Å². The maximum atomic E-state index is 12.8. The first kappa shape index (κ1) is 23.3. The maximum absolute atomic E-state index is 12.8. The van der Waals surface area contributed by atoms with E-state index in [-0.39, 0.29) is 12.3 Å². The fraction of sp³-hybridized carbons (Fsp3) is 0.500. The summed E-state index contributed by atoms with van der Waals surface area (Å²) in [7, 11) is 0. The summed E-state index contributed by atoms with van der Waals surface area (Å²) in [6, 6.07) is 5.52. The molecule has 8 heteroatoms. The second-order valence-corrected chi connectivity index (χ2v) is 8.79. The first-order chi connectivity index (χ1) is 14.0.